The molecule has 0 bridgehead atoms. The van der Waals surface area contributed by atoms with Crippen molar-refractivity contribution in [3.05, 3.63) is 30.3 Å². The molecule has 0 spiro atoms. The van der Waals surface area contributed by atoms with Gasteiger partial charge < -0.3 is 4.90 Å². The molecular weight excluding hydrogens is 208 g/mol. The van der Waals surface area contributed by atoms with Gasteiger partial charge in [0.15, 0.2) is 5.29 Å². The Bertz CT molecular complexity index is 329. The number of para-hydroxylation sites is 1. The summed E-state index contributed by atoms with van der Waals surface area (Å²) in [4.78, 5) is 6.54. The van der Waals surface area contributed by atoms with Crippen LogP contribution in [-0.4, -0.2) is 23.3 Å². The molecule has 1 aromatic rings. The lowest BCUT2D eigenvalue weighted by atomic mass is 10.1. The van der Waals surface area contributed by atoms with Crippen molar-refractivity contribution in [2.24, 2.45) is 4.99 Å². The van der Waals surface area contributed by atoms with E-state index in [0.717, 1.165) is 18.8 Å². The van der Waals surface area contributed by atoms with Gasteiger partial charge in [-0.2, -0.15) is 0 Å². The zero-order valence-corrected chi connectivity index (χ0v) is 9.45. The van der Waals surface area contributed by atoms with Crippen LogP contribution >= 0.6 is 11.6 Å². The van der Waals surface area contributed by atoms with E-state index in [1.165, 1.54) is 19.3 Å². The maximum atomic E-state index is 6.17. The van der Waals surface area contributed by atoms with Crippen LogP contribution in [0.3, 0.4) is 0 Å². The quantitative estimate of drug-likeness (QED) is 0.404. The highest BCUT2D eigenvalue weighted by atomic mass is 35.5. The summed E-state index contributed by atoms with van der Waals surface area (Å²) in [6.45, 7) is 2.07. The van der Waals surface area contributed by atoms with Gasteiger partial charge in [-0.3, -0.25) is 0 Å². The average molecular weight is 223 g/mol. The van der Waals surface area contributed by atoms with Crippen LogP contribution in [0.1, 0.15) is 19.3 Å². The lowest BCUT2D eigenvalue weighted by Gasteiger charge is -2.26. The largest absolute Gasteiger partial charge is 0.347 e. The number of likely N-dealkylation sites (tertiary alicyclic amines) is 1. The fraction of sp³-hybridized carbons (Fsp3) is 0.417. The first-order chi connectivity index (χ1) is 7.36. The highest BCUT2D eigenvalue weighted by Gasteiger charge is 2.12. The summed E-state index contributed by atoms with van der Waals surface area (Å²) in [6.07, 6.45) is 3.76. The Kier molecular flexibility index (Phi) is 3.62. The number of piperidine rings is 1. The maximum absolute atomic E-state index is 6.17. The third-order valence-electron chi connectivity index (χ3n) is 2.59. The molecule has 2 rings (SSSR count). The van der Waals surface area contributed by atoms with Gasteiger partial charge in [-0.1, -0.05) is 18.2 Å². The molecule has 0 amide bonds. The molecule has 0 aromatic heterocycles. The van der Waals surface area contributed by atoms with Gasteiger partial charge in [0.1, 0.15) is 0 Å². The van der Waals surface area contributed by atoms with E-state index in [-0.39, 0.29) is 0 Å². The highest BCUT2D eigenvalue weighted by Crippen LogP contribution is 2.16. The predicted molar refractivity (Wildman–Crippen MR) is 64.8 cm³/mol. The predicted octanol–water partition coefficient (Wildman–Crippen LogP) is 3.40. The molecule has 1 aromatic carbocycles. The van der Waals surface area contributed by atoms with Crippen LogP contribution in [0.25, 0.3) is 0 Å². The molecule has 1 aliphatic heterocycles. The molecule has 0 radical (unpaired) electrons. The molecular formula is C12H15ClN2. The summed E-state index contributed by atoms with van der Waals surface area (Å²) in [5, 5.41) is 0.626. The van der Waals surface area contributed by atoms with Gasteiger partial charge in [-0.15, -0.1) is 0 Å². The lowest BCUT2D eigenvalue weighted by molar-refractivity contribution is 0.347. The van der Waals surface area contributed by atoms with E-state index in [4.69, 9.17) is 11.6 Å². The van der Waals surface area contributed by atoms with Gasteiger partial charge in [0.05, 0.1) is 5.69 Å². The van der Waals surface area contributed by atoms with Crippen molar-refractivity contribution < 1.29 is 0 Å². The van der Waals surface area contributed by atoms with Gasteiger partial charge in [-0.05, 0) is 43.0 Å². The SMILES string of the molecule is Cl/C(=N\c1ccccc1)N1CCCCC1. The van der Waals surface area contributed by atoms with Crippen molar-refractivity contribution in [1.29, 1.82) is 0 Å². The normalized spacial score (nSPS) is 17.9. The van der Waals surface area contributed by atoms with Gasteiger partial charge in [0.25, 0.3) is 0 Å². The molecule has 0 aliphatic carbocycles. The van der Waals surface area contributed by atoms with Gasteiger partial charge in [-0.25, -0.2) is 4.99 Å². The van der Waals surface area contributed by atoms with Crippen molar-refractivity contribution in [3.63, 3.8) is 0 Å². The Labute approximate surface area is 95.6 Å². The molecule has 3 heteroatoms. The molecule has 1 saturated heterocycles. The molecule has 0 saturated carbocycles. The van der Waals surface area contributed by atoms with Gasteiger partial charge >= 0.3 is 0 Å². The zero-order valence-electron chi connectivity index (χ0n) is 8.69. The number of amidine groups is 1. The minimum atomic E-state index is 0.626. The monoisotopic (exact) mass is 222 g/mol. The number of aliphatic imine (C=N–C) groups is 1. The summed E-state index contributed by atoms with van der Waals surface area (Å²) < 4.78 is 0. The fourth-order valence-electron chi connectivity index (χ4n) is 1.76. The van der Waals surface area contributed by atoms with E-state index >= 15 is 0 Å². The van der Waals surface area contributed by atoms with Crippen molar-refractivity contribution in [2.75, 3.05) is 13.1 Å². The number of rotatable bonds is 1. The summed E-state index contributed by atoms with van der Waals surface area (Å²) in [7, 11) is 0. The van der Waals surface area contributed by atoms with Crippen LogP contribution in [0.2, 0.25) is 0 Å². The van der Waals surface area contributed by atoms with Crippen LogP contribution in [-0.2, 0) is 0 Å². The van der Waals surface area contributed by atoms with E-state index < -0.39 is 0 Å². The molecule has 0 atom stereocenters. The Morgan fingerprint density at radius 1 is 1.07 bits per heavy atom. The van der Waals surface area contributed by atoms with Crippen molar-refractivity contribution in [2.45, 2.75) is 19.3 Å². The first-order valence-electron chi connectivity index (χ1n) is 5.40. The Balaban J connectivity index is 2.06. The third kappa shape index (κ3) is 2.96. The molecule has 80 valence electrons. The van der Waals surface area contributed by atoms with Crippen molar-refractivity contribution >= 4 is 22.6 Å². The summed E-state index contributed by atoms with van der Waals surface area (Å²) in [5.74, 6) is 0. The number of benzene rings is 1. The second-order valence-corrected chi connectivity index (χ2v) is 4.10. The molecule has 15 heavy (non-hydrogen) atoms. The fourth-order valence-corrected chi connectivity index (χ4v) is 2.02. The van der Waals surface area contributed by atoms with Crippen LogP contribution in [0.15, 0.2) is 35.3 Å². The summed E-state index contributed by atoms with van der Waals surface area (Å²) in [6, 6.07) is 9.85. The lowest BCUT2D eigenvalue weighted by Crippen LogP contribution is -2.32. The second-order valence-electron chi connectivity index (χ2n) is 3.76. The van der Waals surface area contributed by atoms with Crippen LogP contribution in [0.4, 0.5) is 5.69 Å². The molecule has 0 N–H and O–H groups in total. The molecule has 1 aliphatic rings. The van der Waals surface area contributed by atoms with E-state index in [9.17, 15) is 0 Å². The maximum Gasteiger partial charge on any atom is 0.199 e. The van der Waals surface area contributed by atoms with Crippen LogP contribution < -0.4 is 0 Å². The number of nitrogens with zero attached hydrogens (tertiary/aromatic N) is 2. The first-order valence-corrected chi connectivity index (χ1v) is 5.78. The Hall–Kier alpha value is -1.02. The van der Waals surface area contributed by atoms with Crippen LogP contribution in [0.5, 0.6) is 0 Å². The number of halogens is 1. The smallest absolute Gasteiger partial charge is 0.199 e. The average Bonchev–Trinajstić information content (AvgIpc) is 2.31. The number of hydrogen-bond donors (Lipinski definition) is 0. The molecule has 1 fully saturated rings. The van der Waals surface area contributed by atoms with E-state index in [2.05, 4.69) is 9.89 Å². The minimum absolute atomic E-state index is 0.626. The Morgan fingerprint density at radius 2 is 1.73 bits per heavy atom. The van der Waals surface area contributed by atoms with Crippen LogP contribution in [0, 0.1) is 0 Å². The third-order valence-corrected chi connectivity index (χ3v) is 2.92. The summed E-state index contributed by atoms with van der Waals surface area (Å²) >= 11 is 6.17. The minimum Gasteiger partial charge on any atom is -0.347 e. The molecule has 2 nitrogen and oxygen atoms in total. The van der Waals surface area contributed by atoms with E-state index in [1.807, 2.05) is 30.3 Å². The topological polar surface area (TPSA) is 15.6 Å². The van der Waals surface area contributed by atoms with Crippen molar-refractivity contribution in [3.8, 4) is 0 Å². The molecule has 1 heterocycles. The second kappa shape index (κ2) is 5.17. The highest BCUT2D eigenvalue weighted by molar-refractivity contribution is 6.64. The van der Waals surface area contributed by atoms with E-state index in [1.54, 1.807) is 0 Å². The Morgan fingerprint density at radius 3 is 2.40 bits per heavy atom. The zero-order chi connectivity index (χ0) is 10.5. The first kappa shape index (κ1) is 10.5. The molecule has 0 unspecified atom stereocenters. The van der Waals surface area contributed by atoms with Gasteiger partial charge in [0.2, 0.25) is 0 Å². The standard InChI is InChI=1S/C12H15ClN2/c13-12(15-9-5-2-6-10-15)14-11-7-3-1-4-8-11/h1,3-4,7-8H,2,5-6,9-10H2/b14-12+. The van der Waals surface area contributed by atoms with Crippen molar-refractivity contribution in [1.82, 2.24) is 4.90 Å². The van der Waals surface area contributed by atoms with Gasteiger partial charge in [0, 0.05) is 13.1 Å². The summed E-state index contributed by atoms with van der Waals surface area (Å²) in [5.41, 5.74) is 0.924. The van der Waals surface area contributed by atoms with E-state index in [0.29, 0.717) is 5.29 Å². The number of hydrogen-bond acceptors (Lipinski definition) is 1.